The van der Waals surface area contributed by atoms with Crippen LogP contribution >= 0.6 is 0 Å². The molecule has 2 aromatic carbocycles. The summed E-state index contributed by atoms with van der Waals surface area (Å²) in [5, 5.41) is 0. The smallest absolute Gasteiger partial charge is 0.232 e. The van der Waals surface area contributed by atoms with Crippen LogP contribution in [0, 0.1) is 6.92 Å². The Labute approximate surface area is 123 Å². The van der Waals surface area contributed by atoms with Crippen LogP contribution in [0.25, 0.3) is 11.3 Å². The van der Waals surface area contributed by atoms with Gasteiger partial charge in [0.2, 0.25) is 5.89 Å². The van der Waals surface area contributed by atoms with E-state index in [-0.39, 0.29) is 6.61 Å². The lowest BCUT2D eigenvalue weighted by atomic mass is 10.2. The Balaban J connectivity index is 1.70. The molecule has 4 heteroatoms. The van der Waals surface area contributed by atoms with Crippen molar-refractivity contribution in [2.75, 3.05) is 5.73 Å². The van der Waals surface area contributed by atoms with Crippen molar-refractivity contribution in [1.29, 1.82) is 0 Å². The second-order valence-corrected chi connectivity index (χ2v) is 4.80. The van der Waals surface area contributed by atoms with Gasteiger partial charge in [-0.1, -0.05) is 30.3 Å². The van der Waals surface area contributed by atoms with Gasteiger partial charge in [0.05, 0.1) is 6.20 Å². The molecular weight excluding hydrogens is 264 g/mol. The van der Waals surface area contributed by atoms with Crippen LogP contribution in [0.5, 0.6) is 5.75 Å². The van der Waals surface area contributed by atoms with Gasteiger partial charge in [0.25, 0.3) is 0 Å². The molecule has 2 N–H and O–H groups in total. The Hall–Kier alpha value is -2.75. The summed E-state index contributed by atoms with van der Waals surface area (Å²) >= 11 is 0. The number of hydrogen-bond acceptors (Lipinski definition) is 4. The van der Waals surface area contributed by atoms with Gasteiger partial charge in [-0.05, 0) is 30.7 Å². The van der Waals surface area contributed by atoms with Crippen LogP contribution in [0.15, 0.2) is 59.1 Å². The highest BCUT2D eigenvalue weighted by atomic mass is 16.5. The molecular formula is C17H16N2O2. The van der Waals surface area contributed by atoms with E-state index in [0.29, 0.717) is 5.89 Å². The third kappa shape index (κ3) is 3.05. The molecule has 0 bridgehead atoms. The van der Waals surface area contributed by atoms with Gasteiger partial charge in [-0.2, -0.15) is 0 Å². The summed E-state index contributed by atoms with van der Waals surface area (Å²) in [6.45, 7) is 2.24. The van der Waals surface area contributed by atoms with E-state index in [2.05, 4.69) is 4.98 Å². The number of anilines is 1. The van der Waals surface area contributed by atoms with E-state index in [9.17, 15) is 0 Å². The maximum atomic E-state index is 5.72. The zero-order chi connectivity index (χ0) is 14.7. The van der Waals surface area contributed by atoms with E-state index in [1.54, 1.807) is 6.20 Å². The predicted octanol–water partition coefficient (Wildman–Crippen LogP) is 3.81. The summed E-state index contributed by atoms with van der Waals surface area (Å²) < 4.78 is 11.4. The number of nitrogens with two attached hydrogens (primary N) is 1. The minimum absolute atomic E-state index is 0.289. The van der Waals surface area contributed by atoms with E-state index in [1.807, 2.05) is 55.5 Å². The lowest BCUT2D eigenvalue weighted by Gasteiger charge is -2.07. The first-order valence-corrected chi connectivity index (χ1v) is 6.71. The number of ether oxygens (including phenoxy) is 1. The van der Waals surface area contributed by atoms with Crippen molar-refractivity contribution in [3.05, 3.63) is 66.2 Å². The lowest BCUT2D eigenvalue weighted by molar-refractivity contribution is 0.263. The fraction of sp³-hybridized carbons (Fsp3) is 0.118. The number of hydrogen-bond donors (Lipinski definition) is 1. The highest BCUT2D eigenvalue weighted by Crippen LogP contribution is 2.23. The number of rotatable bonds is 4. The first kappa shape index (κ1) is 13.2. The SMILES string of the molecule is Cc1cc(N)ccc1OCc1ncc(-c2ccccc2)o1. The molecule has 0 unspecified atom stereocenters. The van der Waals surface area contributed by atoms with Crippen LogP contribution < -0.4 is 10.5 Å². The molecule has 0 amide bonds. The average Bonchev–Trinajstić information content (AvgIpc) is 2.96. The molecule has 0 saturated heterocycles. The third-order valence-electron chi connectivity index (χ3n) is 3.16. The Morgan fingerprint density at radius 2 is 1.95 bits per heavy atom. The fourth-order valence-electron chi connectivity index (χ4n) is 2.09. The molecule has 4 nitrogen and oxygen atoms in total. The van der Waals surface area contributed by atoms with Crippen molar-refractivity contribution in [2.45, 2.75) is 13.5 Å². The van der Waals surface area contributed by atoms with Gasteiger partial charge in [0.15, 0.2) is 12.4 Å². The van der Waals surface area contributed by atoms with Crippen molar-refractivity contribution in [2.24, 2.45) is 0 Å². The fourth-order valence-corrected chi connectivity index (χ4v) is 2.09. The summed E-state index contributed by atoms with van der Waals surface area (Å²) in [5.41, 5.74) is 8.43. The Kier molecular flexibility index (Phi) is 3.60. The zero-order valence-corrected chi connectivity index (χ0v) is 11.7. The van der Waals surface area contributed by atoms with Crippen molar-refractivity contribution < 1.29 is 9.15 Å². The molecule has 0 fully saturated rings. The molecule has 0 aliphatic rings. The van der Waals surface area contributed by atoms with E-state index in [4.69, 9.17) is 14.9 Å². The normalized spacial score (nSPS) is 10.5. The Morgan fingerprint density at radius 1 is 1.14 bits per heavy atom. The van der Waals surface area contributed by atoms with Crippen LogP contribution in [-0.2, 0) is 6.61 Å². The summed E-state index contributed by atoms with van der Waals surface area (Å²) in [5.74, 6) is 2.07. The molecule has 0 aliphatic carbocycles. The average molecular weight is 280 g/mol. The second kappa shape index (κ2) is 5.71. The Morgan fingerprint density at radius 3 is 2.71 bits per heavy atom. The minimum atomic E-state index is 0.289. The lowest BCUT2D eigenvalue weighted by Crippen LogP contribution is -1.97. The highest BCUT2D eigenvalue weighted by Gasteiger charge is 2.07. The predicted molar refractivity (Wildman–Crippen MR) is 81.9 cm³/mol. The number of nitrogen functional groups attached to an aromatic ring is 1. The molecule has 1 heterocycles. The minimum Gasteiger partial charge on any atom is -0.484 e. The monoisotopic (exact) mass is 280 g/mol. The van der Waals surface area contributed by atoms with Crippen LogP contribution in [-0.4, -0.2) is 4.98 Å². The molecule has 0 radical (unpaired) electrons. The first-order valence-electron chi connectivity index (χ1n) is 6.71. The second-order valence-electron chi connectivity index (χ2n) is 4.80. The van der Waals surface area contributed by atoms with Crippen LogP contribution in [0.4, 0.5) is 5.69 Å². The molecule has 0 aliphatic heterocycles. The Bertz CT molecular complexity index is 736. The standard InChI is InChI=1S/C17H16N2O2/c1-12-9-14(18)7-8-15(12)20-11-17-19-10-16(21-17)13-5-3-2-4-6-13/h2-10H,11,18H2,1H3. The maximum Gasteiger partial charge on any atom is 0.232 e. The van der Waals surface area contributed by atoms with E-state index >= 15 is 0 Å². The molecule has 0 spiro atoms. The van der Waals surface area contributed by atoms with Crippen LogP contribution in [0.1, 0.15) is 11.5 Å². The molecule has 1 aromatic heterocycles. The molecule has 106 valence electrons. The summed E-state index contributed by atoms with van der Waals surface area (Å²) in [4.78, 5) is 4.24. The zero-order valence-electron chi connectivity index (χ0n) is 11.7. The van der Waals surface area contributed by atoms with E-state index in [1.165, 1.54) is 0 Å². The van der Waals surface area contributed by atoms with Gasteiger partial charge in [-0.25, -0.2) is 4.98 Å². The number of benzene rings is 2. The van der Waals surface area contributed by atoms with E-state index in [0.717, 1.165) is 28.3 Å². The molecule has 3 rings (SSSR count). The van der Waals surface area contributed by atoms with Crippen LogP contribution in [0.2, 0.25) is 0 Å². The first-order chi connectivity index (χ1) is 10.2. The van der Waals surface area contributed by atoms with Gasteiger partial charge < -0.3 is 14.9 Å². The van der Waals surface area contributed by atoms with Crippen molar-refractivity contribution >= 4 is 5.69 Å². The van der Waals surface area contributed by atoms with Gasteiger partial charge in [-0.15, -0.1) is 0 Å². The topological polar surface area (TPSA) is 61.3 Å². The molecule has 0 atom stereocenters. The summed E-state index contributed by atoms with van der Waals surface area (Å²) in [6.07, 6.45) is 1.71. The van der Waals surface area contributed by atoms with Crippen LogP contribution in [0.3, 0.4) is 0 Å². The van der Waals surface area contributed by atoms with Gasteiger partial charge in [-0.3, -0.25) is 0 Å². The molecule has 3 aromatic rings. The highest BCUT2D eigenvalue weighted by molar-refractivity contribution is 5.55. The number of aromatic nitrogens is 1. The number of aryl methyl sites for hydroxylation is 1. The summed E-state index contributed by atoms with van der Waals surface area (Å²) in [7, 11) is 0. The number of oxazole rings is 1. The summed E-state index contributed by atoms with van der Waals surface area (Å²) in [6, 6.07) is 15.4. The van der Waals surface area contributed by atoms with E-state index < -0.39 is 0 Å². The van der Waals surface area contributed by atoms with Crippen molar-refractivity contribution in [3.8, 4) is 17.1 Å². The van der Waals surface area contributed by atoms with Gasteiger partial charge in [0.1, 0.15) is 5.75 Å². The molecule has 21 heavy (non-hydrogen) atoms. The van der Waals surface area contributed by atoms with Crippen molar-refractivity contribution in [1.82, 2.24) is 4.98 Å². The quantitative estimate of drug-likeness (QED) is 0.738. The molecule has 0 saturated carbocycles. The maximum absolute atomic E-state index is 5.72. The van der Waals surface area contributed by atoms with Gasteiger partial charge >= 0.3 is 0 Å². The number of nitrogens with zero attached hydrogens (tertiary/aromatic N) is 1. The van der Waals surface area contributed by atoms with Crippen molar-refractivity contribution in [3.63, 3.8) is 0 Å². The largest absolute Gasteiger partial charge is 0.484 e. The van der Waals surface area contributed by atoms with Gasteiger partial charge in [0, 0.05) is 11.3 Å². The third-order valence-corrected chi connectivity index (χ3v) is 3.16.